The number of carbonyl (C=O) groups is 1. The van der Waals surface area contributed by atoms with Crippen molar-refractivity contribution >= 4 is 5.91 Å². The standard InChI is InChI=1S/C19H25N3O3/c1-3-19(2,22-9-11-24-12-10-22)14-20-18(23)17-13-16(21-25-17)15-7-5-4-6-8-15/h4-8,13H,3,9-12,14H2,1-2H3,(H,20,23)/t19-/m0/s1. The Morgan fingerprint density at radius 2 is 2.00 bits per heavy atom. The van der Waals surface area contributed by atoms with Gasteiger partial charge in [0.1, 0.15) is 5.69 Å². The first kappa shape index (κ1) is 17.6. The summed E-state index contributed by atoms with van der Waals surface area (Å²) in [5.41, 5.74) is 1.50. The fraction of sp³-hybridized carbons (Fsp3) is 0.474. The normalized spacial score (nSPS) is 17.8. The lowest BCUT2D eigenvalue weighted by Gasteiger charge is -2.42. The van der Waals surface area contributed by atoms with E-state index >= 15 is 0 Å². The van der Waals surface area contributed by atoms with Crippen molar-refractivity contribution in [2.45, 2.75) is 25.8 Å². The number of carbonyl (C=O) groups excluding carboxylic acids is 1. The fourth-order valence-corrected chi connectivity index (χ4v) is 3.05. The number of rotatable bonds is 6. The number of nitrogens with zero attached hydrogens (tertiary/aromatic N) is 2. The first-order valence-electron chi connectivity index (χ1n) is 8.75. The highest BCUT2D eigenvalue weighted by Crippen LogP contribution is 2.21. The predicted molar refractivity (Wildman–Crippen MR) is 95.4 cm³/mol. The summed E-state index contributed by atoms with van der Waals surface area (Å²) in [6.07, 6.45) is 0.943. The van der Waals surface area contributed by atoms with Gasteiger partial charge < -0.3 is 14.6 Å². The summed E-state index contributed by atoms with van der Waals surface area (Å²) >= 11 is 0. The van der Waals surface area contributed by atoms with Gasteiger partial charge in [0.05, 0.1) is 13.2 Å². The Bertz CT molecular complexity index is 695. The van der Waals surface area contributed by atoms with E-state index in [0.29, 0.717) is 12.2 Å². The summed E-state index contributed by atoms with van der Waals surface area (Å²) in [6, 6.07) is 11.4. The van der Waals surface area contributed by atoms with Crippen molar-refractivity contribution in [1.29, 1.82) is 0 Å². The Morgan fingerprint density at radius 3 is 2.68 bits per heavy atom. The van der Waals surface area contributed by atoms with Gasteiger partial charge in [0.25, 0.3) is 5.91 Å². The quantitative estimate of drug-likeness (QED) is 0.873. The van der Waals surface area contributed by atoms with E-state index < -0.39 is 0 Å². The minimum absolute atomic E-state index is 0.0955. The van der Waals surface area contributed by atoms with Crippen LogP contribution in [0.4, 0.5) is 0 Å². The highest BCUT2D eigenvalue weighted by molar-refractivity contribution is 5.92. The van der Waals surface area contributed by atoms with Gasteiger partial charge in [-0.05, 0) is 13.3 Å². The van der Waals surface area contributed by atoms with Crippen molar-refractivity contribution in [3.05, 3.63) is 42.2 Å². The summed E-state index contributed by atoms with van der Waals surface area (Å²) in [7, 11) is 0. The number of amides is 1. The Labute approximate surface area is 148 Å². The molecular formula is C19H25N3O3. The molecule has 0 spiro atoms. The van der Waals surface area contributed by atoms with Crippen molar-refractivity contribution in [3.8, 4) is 11.3 Å². The van der Waals surface area contributed by atoms with E-state index in [9.17, 15) is 4.79 Å². The molecule has 1 amide bonds. The second-order valence-corrected chi connectivity index (χ2v) is 6.58. The molecule has 0 bridgehead atoms. The lowest BCUT2D eigenvalue weighted by Crippen LogP contribution is -2.56. The van der Waals surface area contributed by atoms with Gasteiger partial charge in [0.2, 0.25) is 5.76 Å². The van der Waals surface area contributed by atoms with E-state index in [1.807, 2.05) is 30.3 Å². The van der Waals surface area contributed by atoms with E-state index in [2.05, 4.69) is 29.2 Å². The molecular weight excluding hydrogens is 318 g/mol. The molecule has 0 aliphatic carbocycles. The minimum atomic E-state index is -0.234. The van der Waals surface area contributed by atoms with Crippen molar-refractivity contribution < 1.29 is 14.1 Å². The van der Waals surface area contributed by atoms with Gasteiger partial charge >= 0.3 is 0 Å². The van der Waals surface area contributed by atoms with Crippen molar-refractivity contribution in [1.82, 2.24) is 15.4 Å². The van der Waals surface area contributed by atoms with Gasteiger partial charge in [-0.3, -0.25) is 9.69 Å². The lowest BCUT2D eigenvalue weighted by molar-refractivity contribution is -0.0170. The third-order valence-corrected chi connectivity index (χ3v) is 4.97. The Kier molecular flexibility index (Phi) is 5.50. The van der Waals surface area contributed by atoms with Crippen LogP contribution in [0.25, 0.3) is 11.3 Å². The van der Waals surface area contributed by atoms with Gasteiger partial charge in [-0.25, -0.2) is 0 Å². The Balaban J connectivity index is 1.63. The molecule has 1 aliphatic rings. The first-order valence-corrected chi connectivity index (χ1v) is 8.75. The smallest absolute Gasteiger partial charge is 0.289 e. The Hall–Kier alpha value is -2.18. The average molecular weight is 343 g/mol. The van der Waals surface area contributed by atoms with E-state index in [-0.39, 0.29) is 17.2 Å². The molecule has 1 N–H and O–H groups in total. The van der Waals surface area contributed by atoms with E-state index in [1.165, 1.54) is 0 Å². The summed E-state index contributed by atoms with van der Waals surface area (Å²) in [5, 5.41) is 7.00. The number of benzene rings is 1. The summed E-state index contributed by atoms with van der Waals surface area (Å²) in [5.74, 6) is 0.00176. The summed E-state index contributed by atoms with van der Waals surface area (Å²) in [4.78, 5) is 14.8. The molecule has 25 heavy (non-hydrogen) atoms. The van der Waals surface area contributed by atoms with Crippen LogP contribution in [0.15, 0.2) is 40.9 Å². The number of hydrogen-bond acceptors (Lipinski definition) is 5. The maximum Gasteiger partial charge on any atom is 0.289 e. The third kappa shape index (κ3) is 4.08. The molecule has 0 radical (unpaired) electrons. The highest BCUT2D eigenvalue weighted by Gasteiger charge is 2.32. The van der Waals surface area contributed by atoms with Crippen LogP contribution in [0.5, 0.6) is 0 Å². The number of morpholine rings is 1. The van der Waals surface area contributed by atoms with Crippen LogP contribution in [0, 0.1) is 0 Å². The van der Waals surface area contributed by atoms with Gasteiger partial charge in [-0.1, -0.05) is 42.4 Å². The van der Waals surface area contributed by atoms with Crippen LogP contribution in [0.1, 0.15) is 30.8 Å². The number of aromatic nitrogens is 1. The highest BCUT2D eigenvalue weighted by atomic mass is 16.5. The van der Waals surface area contributed by atoms with Gasteiger partial charge in [0.15, 0.2) is 0 Å². The molecule has 6 nitrogen and oxygen atoms in total. The summed E-state index contributed by atoms with van der Waals surface area (Å²) in [6.45, 7) is 8.14. The monoisotopic (exact) mass is 343 g/mol. The van der Waals surface area contributed by atoms with E-state index in [4.69, 9.17) is 9.26 Å². The zero-order valence-electron chi connectivity index (χ0n) is 14.8. The van der Waals surface area contributed by atoms with Crippen LogP contribution in [-0.2, 0) is 4.74 Å². The largest absolute Gasteiger partial charge is 0.379 e. The third-order valence-electron chi connectivity index (χ3n) is 4.97. The molecule has 1 aromatic carbocycles. The number of nitrogens with one attached hydrogen (secondary N) is 1. The van der Waals surface area contributed by atoms with Crippen LogP contribution >= 0.6 is 0 Å². The minimum Gasteiger partial charge on any atom is -0.379 e. The summed E-state index contributed by atoms with van der Waals surface area (Å²) < 4.78 is 10.7. The SMILES string of the molecule is CC[C@@](C)(CNC(=O)c1cc(-c2ccccc2)no1)N1CCOCC1. The molecule has 0 unspecified atom stereocenters. The predicted octanol–water partition coefficient (Wildman–Crippen LogP) is 2.57. The Morgan fingerprint density at radius 1 is 1.28 bits per heavy atom. The number of hydrogen-bond donors (Lipinski definition) is 1. The molecule has 1 aliphatic heterocycles. The number of ether oxygens (including phenoxy) is 1. The molecule has 6 heteroatoms. The first-order chi connectivity index (χ1) is 12.1. The molecule has 2 heterocycles. The average Bonchev–Trinajstić information content (AvgIpc) is 3.17. The van der Waals surface area contributed by atoms with Crippen molar-refractivity contribution in [3.63, 3.8) is 0 Å². The maximum absolute atomic E-state index is 12.4. The van der Waals surface area contributed by atoms with Gasteiger partial charge in [0, 0.05) is 36.8 Å². The zero-order valence-corrected chi connectivity index (χ0v) is 14.8. The van der Waals surface area contributed by atoms with Crippen molar-refractivity contribution in [2.24, 2.45) is 0 Å². The van der Waals surface area contributed by atoms with Crippen LogP contribution < -0.4 is 5.32 Å². The maximum atomic E-state index is 12.4. The lowest BCUT2D eigenvalue weighted by atomic mass is 9.95. The molecule has 134 valence electrons. The van der Waals surface area contributed by atoms with Crippen LogP contribution in [0.2, 0.25) is 0 Å². The molecule has 1 fully saturated rings. The van der Waals surface area contributed by atoms with E-state index in [1.54, 1.807) is 6.07 Å². The molecule has 2 aromatic rings. The molecule has 3 rings (SSSR count). The van der Waals surface area contributed by atoms with Crippen molar-refractivity contribution in [2.75, 3.05) is 32.8 Å². The molecule has 1 saturated heterocycles. The van der Waals surface area contributed by atoms with Crippen LogP contribution in [0.3, 0.4) is 0 Å². The molecule has 1 aromatic heterocycles. The molecule has 0 saturated carbocycles. The van der Waals surface area contributed by atoms with Gasteiger partial charge in [-0.2, -0.15) is 0 Å². The van der Waals surface area contributed by atoms with E-state index in [0.717, 1.165) is 38.3 Å². The second kappa shape index (κ2) is 7.80. The van der Waals surface area contributed by atoms with Gasteiger partial charge in [-0.15, -0.1) is 0 Å². The second-order valence-electron chi connectivity index (χ2n) is 6.58. The van der Waals surface area contributed by atoms with Crippen LogP contribution in [-0.4, -0.2) is 54.4 Å². The fourth-order valence-electron chi connectivity index (χ4n) is 3.05. The topological polar surface area (TPSA) is 67.6 Å². The zero-order chi connectivity index (χ0) is 17.7. The molecule has 1 atom stereocenters.